The summed E-state index contributed by atoms with van der Waals surface area (Å²) in [4.78, 5) is 0.210. The molecule has 6 heteroatoms. The number of hydrogen-bond acceptors (Lipinski definition) is 4. The molecule has 0 aromatic heterocycles. The van der Waals surface area contributed by atoms with Gasteiger partial charge in [0, 0.05) is 11.3 Å². The average Bonchev–Trinajstić information content (AvgIpc) is 2.57. The van der Waals surface area contributed by atoms with E-state index in [1.807, 2.05) is 19.1 Å². The lowest BCUT2D eigenvalue weighted by Crippen LogP contribution is -2.13. The van der Waals surface area contributed by atoms with Gasteiger partial charge in [0.1, 0.15) is 5.75 Å². The van der Waals surface area contributed by atoms with Gasteiger partial charge in [0.25, 0.3) is 10.0 Å². The minimum atomic E-state index is -3.67. The summed E-state index contributed by atoms with van der Waals surface area (Å²) in [6.45, 7) is 4.18. The zero-order valence-electron chi connectivity index (χ0n) is 14.0. The van der Waals surface area contributed by atoms with Crippen molar-refractivity contribution in [1.29, 1.82) is 0 Å². The van der Waals surface area contributed by atoms with E-state index in [9.17, 15) is 13.5 Å². The number of aliphatic hydroxyl groups is 1. The Morgan fingerprint density at radius 2 is 1.79 bits per heavy atom. The van der Waals surface area contributed by atoms with Crippen molar-refractivity contribution in [2.45, 2.75) is 38.2 Å². The van der Waals surface area contributed by atoms with E-state index in [-0.39, 0.29) is 11.5 Å². The predicted molar refractivity (Wildman–Crippen MR) is 94.8 cm³/mol. The zero-order chi connectivity index (χ0) is 17.6. The van der Waals surface area contributed by atoms with Crippen LogP contribution in [0.15, 0.2) is 47.4 Å². The highest BCUT2D eigenvalue weighted by atomic mass is 32.2. The highest BCUT2D eigenvalue weighted by Crippen LogP contribution is 2.25. The first-order chi connectivity index (χ1) is 11.5. The Kier molecular flexibility index (Phi) is 6.23. The van der Waals surface area contributed by atoms with Crippen molar-refractivity contribution in [2.24, 2.45) is 0 Å². The number of ether oxygens (including phenoxy) is 1. The standard InChI is InChI=1S/C18H23NO4S/c1-3-5-14-6-9-17(10-7-14)24(21,22)19-16-8-11-18(23-4-2)15(12-16)13-20/h6-12,19-20H,3-5,13H2,1-2H3. The molecule has 0 atom stereocenters. The number of anilines is 1. The second-order valence-corrected chi connectivity index (χ2v) is 7.10. The highest BCUT2D eigenvalue weighted by Gasteiger charge is 2.15. The molecule has 0 unspecified atom stereocenters. The number of rotatable bonds is 8. The van der Waals surface area contributed by atoms with Crippen LogP contribution >= 0.6 is 0 Å². The van der Waals surface area contributed by atoms with Gasteiger partial charge in [0.05, 0.1) is 18.1 Å². The molecule has 2 aromatic rings. The van der Waals surface area contributed by atoms with E-state index in [2.05, 4.69) is 11.6 Å². The van der Waals surface area contributed by atoms with Gasteiger partial charge in [0.15, 0.2) is 0 Å². The van der Waals surface area contributed by atoms with Gasteiger partial charge >= 0.3 is 0 Å². The molecular formula is C18H23NO4S. The molecule has 0 heterocycles. The Morgan fingerprint density at radius 1 is 1.08 bits per heavy atom. The lowest BCUT2D eigenvalue weighted by Gasteiger charge is -2.12. The molecule has 0 aliphatic rings. The van der Waals surface area contributed by atoms with Gasteiger partial charge in [-0.1, -0.05) is 25.5 Å². The van der Waals surface area contributed by atoms with Crippen LogP contribution in [0.25, 0.3) is 0 Å². The van der Waals surface area contributed by atoms with Crippen molar-refractivity contribution in [3.63, 3.8) is 0 Å². The monoisotopic (exact) mass is 349 g/mol. The first-order valence-corrected chi connectivity index (χ1v) is 9.46. The lowest BCUT2D eigenvalue weighted by molar-refractivity contribution is 0.267. The van der Waals surface area contributed by atoms with Gasteiger partial charge in [-0.05, 0) is 49.2 Å². The molecule has 0 radical (unpaired) electrons. The number of aliphatic hydroxyl groups excluding tert-OH is 1. The van der Waals surface area contributed by atoms with E-state index in [4.69, 9.17) is 4.74 Å². The second kappa shape index (κ2) is 8.17. The third-order valence-electron chi connectivity index (χ3n) is 3.56. The summed E-state index contributed by atoms with van der Waals surface area (Å²) in [6.07, 6.45) is 1.94. The molecule has 0 aliphatic carbocycles. The molecule has 0 aliphatic heterocycles. The van der Waals surface area contributed by atoms with Gasteiger partial charge in [0.2, 0.25) is 0 Å². The summed E-state index contributed by atoms with van der Waals surface area (Å²) in [7, 11) is -3.67. The topological polar surface area (TPSA) is 75.6 Å². The Hall–Kier alpha value is -2.05. The molecule has 5 nitrogen and oxygen atoms in total. The fourth-order valence-corrected chi connectivity index (χ4v) is 3.45. The molecule has 0 fully saturated rings. The van der Waals surface area contributed by atoms with Crippen LogP contribution in [0, 0.1) is 0 Å². The highest BCUT2D eigenvalue weighted by molar-refractivity contribution is 7.92. The van der Waals surface area contributed by atoms with Crippen LogP contribution in [-0.4, -0.2) is 20.1 Å². The molecule has 2 aromatic carbocycles. The van der Waals surface area contributed by atoms with Gasteiger partial charge < -0.3 is 9.84 Å². The van der Waals surface area contributed by atoms with E-state index >= 15 is 0 Å². The number of sulfonamides is 1. The summed E-state index contributed by atoms with van der Waals surface area (Å²) in [5, 5.41) is 9.41. The van der Waals surface area contributed by atoms with Crippen molar-refractivity contribution < 1.29 is 18.3 Å². The summed E-state index contributed by atoms with van der Waals surface area (Å²) >= 11 is 0. The Balaban J connectivity index is 2.22. The van der Waals surface area contributed by atoms with Crippen LogP contribution in [0.2, 0.25) is 0 Å². The van der Waals surface area contributed by atoms with Crippen molar-refractivity contribution in [2.75, 3.05) is 11.3 Å². The smallest absolute Gasteiger partial charge is 0.261 e. The molecule has 24 heavy (non-hydrogen) atoms. The third-order valence-corrected chi connectivity index (χ3v) is 4.95. The second-order valence-electron chi connectivity index (χ2n) is 5.41. The molecule has 0 spiro atoms. The molecule has 0 bridgehead atoms. The number of nitrogens with one attached hydrogen (secondary N) is 1. The minimum Gasteiger partial charge on any atom is -0.494 e. The summed E-state index contributed by atoms with van der Waals surface area (Å²) in [5.74, 6) is 0.548. The number of benzene rings is 2. The van der Waals surface area contributed by atoms with Gasteiger partial charge in [-0.3, -0.25) is 4.72 Å². The predicted octanol–water partition coefficient (Wildman–Crippen LogP) is 3.33. The van der Waals surface area contributed by atoms with Crippen LogP contribution in [0.3, 0.4) is 0 Å². The maximum Gasteiger partial charge on any atom is 0.261 e. The maximum atomic E-state index is 12.5. The van der Waals surface area contributed by atoms with Gasteiger partial charge in [-0.2, -0.15) is 0 Å². The van der Waals surface area contributed by atoms with E-state index < -0.39 is 10.0 Å². The minimum absolute atomic E-state index is 0.210. The van der Waals surface area contributed by atoms with E-state index in [1.165, 1.54) is 0 Å². The maximum absolute atomic E-state index is 12.5. The Labute approximate surface area is 143 Å². The fourth-order valence-electron chi connectivity index (χ4n) is 2.40. The molecule has 2 N–H and O–H groups in total. The molecular weight excluding hydrogens is 326 g/mol. The first kappa shape index (κ1) is 18.3. The summed E-state index contributed by atoms with van der Waals surface area (Å²) in [5.41, 5.74) is 2.04. The van der Waals surface area contributed by atoms with E-state index in [0.717, 1.165) is 18.4 Å². The van der Waals surface area contributed by atoms with Crippen molar-refractivity contribution in [1.82, 2.24) is 0 Å². The molecule has 130 valence electrons. The Morgan fingerprint density at radius 3 is 2.38 bits per heavy atom. The molecule has 2 rings (SSSR count). The molecule has 0 saturated carbocycles. The third kappa shape index (κ3) is 4.49. The van der Waals surface area contributed by atoms with Crippen LogP contribution < -0.4 is 9.46 Å². The van der Waals surface area contributed by atoms with E-state index in [1.54, 1.807) is 30.3 Å². The van der Waals surface area contributed by atoms with Crippen molar-refractivity contribution >= 4 is 15.7 Å². The van der Waals surface area contributed by atoms with Crippen LogP contribution in [0.4, 0.5) is 5.69 Å². The van der Waals surface area contributed by atoms with Crippen molar-refractivity contribution in [3.05, 3.63) is 53.6 Å². The summed E-state index contributed by atoms with van der Waals surface area (Å²) in [6, 6.07) is 11.7. The van der Waals surface area contributed by atoms with Crippen LogP contribution in [0.1, 0.15) is 31.4 Å². The average molecular weight is 349 g/mol. The summed E-state index contributed by atoms with van der Waals surface area (Å²) < 4.78 is 32.9. The number of aryl methyl sites for hydroxylation is 1. The van der Waals surface area contributed by atoms with E-state index in [0.29, 0.717) is 23.6 Å². The van der Waals surface area contributed by atoms with Crippen molar-refractivity contribution in [3.8, 4) is 5.75 Å². The Bertz CT molecular complexity index is 770. The number of hydrogen-bond donors (Lipinski definition) is 2. The lowest BCUT2D eigenvalue weighted by atomic mass is 10.1. The molecule has 0 saturated heterocycles. The SMILES string of the molecule is CCCc1ccc(S(=O)(=O)Nc2ccc(OCC)c(CO)c2)cc1. The zero-order valence-corrected chi connectivity index (χ0v) is 14.8. The van der Waals surface area contributed by atoms with Gasteiger partial charge in [-0.15, -0.1) is 0 Å². The molecule has 0 amide bonds. The largest absolute Gasteiger partial charge is 0.494 e. The van der Waals surface area contributed by atoms with Crippen LogP contribution in [0.5, 0.6) is 5.75 Å². The van der Waals surface area contributed by atoms with Gasteiger partial charge in [-0.25, -0.2) is 8.42 Å². The van der Waals surface area contributed by atoms with Crippen LogP contribution in [-0.2, 0) is 23.1 Å². The first-order valence-electron chi connectivity index (χ1n) is 7.98. The fraction of sp³-hybridized carbons (Fsp3) is 0.333. The quantitative estimate of drug-likeness (QED) is 0.766. The normalized spacial score (nSPS) is 11.3.